The molecule has 0 bridgehead atoms. The molecule has 1 aromatic rings. The first-order valence-electron chi connectivity index (χ1n) is 6.20. The van der Waals surface area contributed by atoms with Crippen molar-refractivity contribution in [3.63, 3.8) is 0 Å². The summed E-state index contributed by atoms with van der Waals surface area (Å²) in [7, 11) is 0. The van der Waals surface area contributed by atoms with Gasteiger partial charge in [0.1, 0.15) is 0 Å². The number of aryl methyl sites for hydroxylation is 1. The second kappa shape index (κ2) is 6.95. The van der Waals surface area contributed by atoms with E-state index in [0.29, 0.717) is 0 Å². The molecule has 1 aliphatic rings. The van der Waals surface area contributed by atoms with Crippen LogP contribution in [0, 0.1) is 11.8 Å². The molecule has 1 amide bonds. The molecule has 2 heterocycles. The molecule has 7 nitrogen and oxygen atoms in total. The Hall–Kier alpha value is -1.84. The number of hydrogen-bond donors (Lipinski definition) is 1. The summed E-state index contributed by atoms with van der Waals surface area (Å²) in [5.74, 6) is -5.70. The first-order chi connectivity index (χ1) is 9.79. The van der Waals surface area contributed by atoms with Crippen molar-refractivity contribution in [2.75, 3.05) is 13.1 Å². The minimum Gasteiger partial charge on any atom is -0.481 e. The minimum atomic E-state index is -4.63. The summed E-state index contributed by atoms with van der Waals surface area (Å²) in [5, 5.41) is 16.0. The molecule has 0 aromatic carbocycles. The van der Waals surface area contributed by atoms with Crippen LogP contribution in [0.1, 0.15) is 6.42 Å². The van der Waals surface area contributed by atoms with Gasteiger partial charge in [0.05, 0.1) is 24.6 Å². The number of amides is 1. The molecule has 0 unspecified atom stereocenters. The molecule has 1 fully saturated rings. The van der Waals surface area contributed by atoms with Crippen molar-refractivity contribution in [1.29, 1.82) is 0 Å². The number of likely N-dealkylation sites (tertiary alicyclic amines) is 1. The molecule has 0 radical (unpaired) electrons. The SMILES string of the molecule is Cl.O=C(O)[C@@H]1CN(C(=O)CCn2ccnn2)C[C@H]1C(F)(F)F. The maximum atomic E-state index is 12.8. The van der Waals surface area contributed by atoms with E-state index in [0.717, 1.165) is 4.90 Å². The molecule has 1 aliphatic heterocycles. The second-order valence-corrected chi connectivity index (χ2v) is 4.81. The van der Waals surface area contributed by atoms with Crippen molar-refractivity contribution in [2.45, 2.75) is 19.1 Å². The normalized spacial score (nSPS) is 21.5. The van der Waals surface area contributed by atoms with E-state index < -0.39 is 43.0 Å². The molecule has 124 valence electrons. The molecule has 22 heavy (non-hydrogen) atoms. The molecule has 2 atom stereocenters. The maximum absolute atomic E-state index is 12.8. The molecule has 1 aromatic heterocycles. The molecule has 11 heteroatoms. The van der Waals surface area contributed by atoms with Crippen molar-refractivity contribution in [3.05, 3.63) is 12.4 Å². The lowest BCUT2D eigenvalue weighted by Crippen LogP contribution is -2.34. The molecule has 1 N–H and O–H groups in total. The first kappa shape index (κ1) is 18.2. The van der Waals surface area contributed by atoms with Gasteiger partial charge < -0.3 is 10.0 Å². The summed E-state index contributed by atoms with van der Waals surface area (Å²) in [4.78, 5) is 23.7. The highest BCUT2D eigenvalue weighted by Gasteiger charge is 2.53. The molecule has 0 aliphatic carbocycles. The standard InChI is InChI=1S/C11H13F3N4O3.ClH/c12-11(13,14)8-6-17(5-7(8)10(20)21)9(19)1-3-18-4-2-15-16-18;/h2,4,7-8H,1,3,5-6H2,(H,20,21);1H/t7-,8-;/m1./s1. The monoisotopic (exact) mass is 342 g/mol. The first-order valence-corrected chi connectivity index (χ1v) is 6.20. The van der Waals surface area contributed by atoms with Crippen LogP contribution < -0.4 is 0 Å². The number of aliphatic carboxylic acids is 1. The maximum Gasteiger partial charge on any atom is 0.394 e. The topological polar surface area (TPSA) is 88.3 Å². The lowest BCUT2D eigenvalue weighted by Gasteiger charge is -2.18. The smallest absolute Gasteiger partial charge is 0.394 e. The zero-order valence-corrected chi connectivity index (χ0v) is 12.0. The number of carbonyl (C=O) groups excluding carboxylic acids is 1. The number of carboxylic acid groups (broad SMARTS) is 1. The number of aromatic nitrogens is 3. The number of rotatable bonds is 4. The van der Waals surface area contributed by atoms with Gasteiger partial charge in [-0.3, -0.25) is 14.3 Å². The second-order valence-electron chi connectivity index (χ2n) is 4.81. The van der Waals surface area contributed by atoms with Gasteiger partial charge in [-0.15, -0.1) is 17.5 Å². The van der Waals surface area contributed by atoms with E-state index in [-0.39, 0.29) is 25.4 Å². The lowest BCUT2D eigenvalue weighted by molar-refractivity contribution is -0.188. The van der Waals surface area contributed by atoms with Gasteiger partial charge in [0.25, 0.3) is 0 Å². The highest BCUT2D eigenvalue weighted by molar-refractivity contribution is 5.85. The van der Waals surface area contributed by atoms with Gasteiger partial charge in [-0.1, -0.05) is 5.21 Å². The van der Waals surface area contributed by atoms with Gasteiger partial charge in [0.2, 0.25) is 5.91 Å². The number of alkyl halides is 3. The van der Waals surface area contributed by atoms with Crippen LogP contribution in [-0.4, -0.2) is 56.1 Å². The van der Waals surface area contributed by atoms with E-state index in [2.05, 4.69) is 10.3 Å². The highest BCUT2D eigenvalue weighted by atomic mass is 35.5. The van der Waals surface area contributed by atoms with Crippen LogP contribution in [0.25, 0.3) is 0 Å². The number of carbonyl (C=O) groups is 2. The van der Waals surface area contributed by atoms with Crippen LogP contribution in [-0.2, 0) is 16.1 Å². The third-order valence-electron chi connectivity index (χ3n) is 3.44. The van der Waals surface area contributed by atoms with Crippen molar-refractivity contribution in [3.8, 4) is 0 Å². The fourth-order valence-corrected chi connectivity index (χ4v) is 2.31. The summed E-state index contributed by atoms with van der Waals surface area (Å²) < 4.78 is 39.8. The molecule has 2 rings (SSSR count). The lowest BCUT2D eigenvalue weighted by atomic mass is 9.96. The summed E-state index contributed by atoms with van der Waals surface area (Å²) in [6, 6.07) is 0. The molecular formula is C11H14ClF3N4O3. The van der Waals surface area contributed by atoms with E-state index in [1.165, 1.54) is 17.1 Å². The fourth-order valence-electron chi connectivity index (χ4n) is 2.31. The van der Waals surface area contributed by atoms with Crippen LogP contribution in [0.2, 0.25) is 0 Å². The van der Waals surface area contributed by atoms with E-state index in [9.17, 15) is 22.8 Å². The van der Waals surface area contributed by atoms with Crippen LogP contribution in [0.3, 0.4) is 0 Å². The van der Waals surface area contributed by atoms with Gasteiger partial charge in [0, 0.05) is 25.7 Å². The molecular weight excluding hydrogens is 329 g/mol. The fraction of sp³-hybridized carbons (Fsp3) is 0.636. The van der Waals surface area contributed by atoms with E-state index in [1.807, 2.05) is 0 Å². The largest absolute Gasteiger partial charge is 0.481 e. The van der Waals surface area contributed by atoms with Crippen molar-refractivity contribution >= 4 is 24.3 Å². The van der Waals surface area contributed by atoms with Crippen LogP contribution >= 0.6 is 12.4 Å². The third kappa shape index (κ3) is 4.09. The Morgan fingerprint density at radius 1 is 1.32 bits per heavy atom. The predicted octanol–water partition coefficient (Wildman–Crippen LogP) is 0.811. The summed E-state index contributed by atoms with van der Waals surface area (Å²) in [5.41, 5.74) is 0. The molecule has 0 spiro atoms. The molecule has 1 saturated heterocycles. The van der Waals surface area contributed by atoms with Crippen LogP contribution in [0.4, 0.5) is 13.2 Å². The van der Waals surface area contributed by atoms with Crippen molar-refractivity contribution in [2.24, 2.45) is 11.8 Å². The summed E-state index contributed by atoms with van der Waals surface area (Å²) in [6.07, 6.45) is -1.75. The number of halogens is 4. The van der Waals surface area contributed by atoms with Gasteiger partial charge in [-0.05, 0) is 0 Å². The van der Waals surface area contributed by atoms with Gasteiger partial charge in [-0.25, -0.2) is 0 Å². The van der Waals surface area contributed by atoms with Crippen molar-refractivity contribution < 1.29 is 27.9 Å². The number of hydrogen-bond acceptors (Lipinski definition) is 4. The molecule has 0 saturated carbocycles. The van der Waals surface area contributed by atoms with Gasteiger partial charge >= 0.3 is 12.1 Å². The third-order valence-corrected chi connectivity index (χ3v) is 3.44. The minimum absolute atomic E-state index is 0. The Balaban J connectivity index is 0.00000242. The summed E-state index contributed by atoms with van der Waals surface area (Å²) in [6.45, 7) is -0.851. The Morgan fingerprint density at radius 2 is 2.00 bits per heavy atom. The van der Waals surface area contributed by atoms with Gasteiger partial charge in [-0.2, -0.15) is 13.2 Å². The number of carboxylic acids is 1. The average molecular weight is 343 g/mol. The van der Waals surface area contributed by atoms with Crippen LogP contribution in [0.15, 0.2) is 12.4 Å². The summed E-state index contributed by atoms with van der Waals surface area (Å²) >= 11 is 0. The zero-order valence-electron chi connectivity index (χ0n) is 11.2. The zero-order chi connectivity index (χ0) is 15.6. The van der Waals surface area contributed by atoms with Crippen LogP contribution in [0.5, 0.6) is 0 Å². The van der Waals surface area contributed by atoms with Gasteiger partial charge in [0.15, 0.2) is 0 Å². The number of nitrogens with zero attached hydrogens (tertiary/aromatic N) is 4. The van der Waals surface area contributed by atoms with E-state index in [4.69, 9.17) is 5.11 Å². The Bertz CT molecular complexity index is 523. The highest BCUT2D eigenvalue weighted by Crippen LogP contribution is 2.37. The average Bonchev–Trinajstić information content (AvgIpc) is 3.04. The van der Waals surface area contributed by atoms with E-state index in [1.54, 1.807) is 0 Å². The van der Waals surface area contributed by atoms with E-state index >= 15 is 0 Å². The Labute approximate surface area is 129 Å². The quantitative estimate of drug-likeness (QED) is 0.875. The van der Waals surface area contributed by atoms with Crippen molar-refractivity contribution in [1.82, 2.24) is 19.9 Å². The predicted molar refractivity (Wildman–Crippen MR) is 69.1 cm³/mol. The Morgan fingerprint density at radius 3 is 2.45 bits per heavy atom. The Kier molecular flexibility index (Phi) is 5.75.